The van der Waals surface area contributed by atoms with E-state index in [1.54, 1.807) is 54.6 Å². The molecule has 1 aliphatic heterocycles. The van der Waals surface area contributed by atoms with Crippen LogP contribution in [-0.2, 0) is 9.53 Å². The molecule has 0 radical (unpaired) electrons. The molecule has 0 aliphatic carbocycles. The summed E-state index contributed by atoms with van der Waals surface area (Å²) in [4.78, 5) is 16.1. The van der Waals surface area contributed by atoms with Crippen LogP contribution < -0.4 is 0 Å². The van der Waals surface area contributed by atoms with Crippen molar-refractivity contribution in [3.63, 3.8) is 0 Å². The highest BCUT2D eigenvalue weighted by Crippen LogP contribution is 2.21. The van der Waals surface area contributed by atoms with Gasteiger partial charge in [0.15, 0.2) is 5.70 Å². The number of ether oxygens (including phenoxy) is 1. The van der Waals surface area contributed by atoms with Crippen molar-refractivity contribution in [1.82, 2.24) is 0 Å². The number of hydrogen-bond donors (Lipinski definition) is 0. The first-order chi connectivity index (χ1) is 10.1. The third-order valence-electron chi connectivity index (χ3n) is 2.89. The second kappa shape index (κ2) is 5.72. The Kier molecular flexibility index (Phi) is 3.78. The summed E-state index contributed by atoms with van der Waals surface area (Å²) in [5, 5.41) is 1.25. The summed E-state index contributed by atoms with van der Waals surface area (Å²) < 4.78 is 5.17. The van der Waals surface area contributed by atoms with E-state index in [9.17, 15) is 4.79 Å². The predicted molar refractivity (Wildman–Crippen MR) is 83.5 cm³/mol. The number of esters is 1. The van der Waals surface area contributed by atoms with E-state index >= 15 is 0 Å². The van der Waals surface area contributed by atoms with Crippen LogP contribution in [0.2, 0.25) is 10.0 Å². The molecule has 104 valence electrons. The molecule has 3 nitrogen and oxygen atoms in total. The van der Waals surface area contributed by atoms with Crippen LogP contribution in [0.25, 0.3) is 6.08 Å². The number of halogens is 2. The van der Waals surface area contributed by atoms with Crippen LogP contribution in [0.1, 0.15) is 11.1 Å². The Balaban J connectivity index is 1.91. The first-order valence-electron chi connectivity index (χ1n) is 6.16. The number of benzene rings is 2. The summed E-state index contributed by atoms with van der Waals surface area (Å²) in [6.45, 7) is 0. The quantitative estimate of drug-likeness (QED) is 0.610. The summed E-state index contributed by atoms with van der Waals surface area (Å²) in [6, 6.07) is 14.0. The fourth-order valence-electron chi connectivity index (χ4n) is 1.84. The SMILES string of the molecule is O=C1OC(c2ccc(Cl)cc2)=NC1=Cc1ccc(Cl)cc1. The molecule has 0 fully saturated rings. The number of rotatable bonds is 2. The number of carbonyl (C=O) groups excluding carboxylic acids is 1. The summed E-state index contributed by atoms with van der Waals surface area (Å²) >= 11 is 11.6. The van der Waals surface area contributed by atoms with Crippen LogP contribution >= 0.6 is 23.2 Å². The van der Waals surface area contributed by atoms with E-state index in [-0.39, 0.29) is 11.6 Å². The van der Waals surface area contributed by atoms with E-state index in [2.05, 4.69) is 4.99 Å². The number of aliphatic imine (C=N–C) groups is 1. The standard InChI is InChI=1S/C16H9Cl2NO2/c17-12-5-1-10(2-6-12)9-14-16(20)21-15(19-14)11-3-7-13(18)8-4-11/h1-9H. The molecule has 0 unspecified atom stereocenters. The predicted octanol–water partition coefficient (Wildman–Crippen LogP) is 4.34. The van der Waals surface area contributed by atoms with Gasteiger partial charge < -0.3 is 4.74 Å². The van der Waals surface area contributed by atoms with Crippen molar-refractivity contribution >= 4 is 41.1 Å². The van der Waals surface area contributed by atoms with E-state index < -0.39 is 5.97 Å². The van der Waals surface area contributed by atoms with Gasteiger partial charge in [-0.05, 0) is 48.0 Å². The lowest BCUT2D eigenvalue weighted by molar-refractivity contribution is -0.129. The maximum Gasteiger partial charge on any atom is 0.363 e. The molecule has 0 N–H and O–H groups in total. The minimum atomic E-state index is -0.477. The van der Waals surface area contributed by atoms with Gasteiger partial charge in [-0.2, -0.15) is 0 Å². The van der Waals surface area contributed by atoms with E-state index in [4.69, 9.17) is 27.9 Å². The molecular weight excluding hydrogens is 309 g/mol. The summed E-state index contributed by atoms with van der Waals surface area (Å²) in [6.07, 6.45) is 1.65. The molecule has 0 aromatic heterocycles. The van der Waals surface area contributed by atoms with Gasteiger partial charge in [-0.1, -0.05) is 35.3 Å². The first kappa shape index (κ1) is 13.9. The van der Waals surface area contributed by atoms with E-state index in [1.807, 2.05) is 0 Å². The number of nitrogens with zero attached hydrogens (tertiary/aromatic N) is 1. The van der Waals surface area contributed by atoms with Gasteiger partial charge in [0, 0.05) is 15.6 Å². The third kappa shape index (κ3) is 3.15. The Morgan fingerprint density at radius 3 is 2.10 bits per heavy atom. The zero-order valence-electron chi connectivity index (χ0n) is 10.7. The van der Waals surface area contributed by atoms with Gasteiger partial charge in [0.1, 0.15) is 0 Å². The fraction of sp³-hybridized carbons (Fsp3) is 0. The van der Waals surface area contributed by atoms with E-state index in [1.165, 1.54) is 0 Å². The molecule has 21 heavy (non-hydrogen) atoms. The molecule has 1 aliphatic rings. The van der Waals surface area contributed by atoms with Crippen LogP contribution in [0.15, 0.2) is 59.2 Å². The van der Waals surface area contributed by atoms with Gasteiger partial charge in [0.25, 0.3) is 0 Å². The molecule has 2 aromatic rings. The van der Waals surface area contributed by atoms with Gasteiger partial charge in [0.2, 0.25) is 5.90 Å². The summed E-state index contributed by atoms with van der Waals surface area (Å²) in [7, 11) is 0. The lowest BCUT2D eigenvalue weighted by atomic mass is 10.2. The minimum absolute atomic E-state index is 0.252. The Morgan fingerprint density at radius 1 is 0.905 bits per heavy atom. The molecule has 3 rings (SSSR count). The molecule has 0 bridgehead atoms. The molecule has 0 saturated heterocycles. The fourth-order valence-corrected chi connectivity index (χ4v) is 2.09. The summed E-state index contributed by atoms with van der Waals surface area (Å²) in [5.41, 5.74) is 1.78. The van der Waals surface area contributed by atoms with Crippen molar-refractivity contribution in [2.45, 2.75) is 0 Å². The third-order valence-corrected chi connectivity index (χ3v) is 3.39. The molecule has 0 amide bonds. The molecule has 0 spiro atoms. The van der Waals surface area contributed by atoms with Crippen molar-refractivity contribution in [2.75, 3.05) is 0 Å². The largest absolute Gasteiger partial charge is 0.402 e. The van der Waals surface area contributed by atoms with E-state index in [0.29, 0.717) is 15.6 Å². The molecule has 2 aromatic carbocycles. The van der Waals surface area contributed by atoms with Gasteiger partial charge in [0.05, 0.1) is 0 Å². The van der Waals surface area contributed by atoms with Crippen molar-refractivity contribution in [3.05, 3.63) is 75.4 Å². The number of cyclic esters (lactones) is 1. The summed E-state index contributed by atoms with van der Waals surface area (Å²) in [5.74, 6) is -0.202. The number of hydrogen-bond acceptors (Lipinski definition) is 3. The lowest BCUT2D eigenvalue weighted by Gasteiger charge is -1.98. The number of carbonyl (C=O) groups is 1. The monoisotopic (exact) mass is 317 g/mol. The van der Waals surface area contributed by atoms with Gasteiger partial charge in [-0.25, -0.2) is 9.79 Å². The van der Waals surface area contributed by atoms with Gasteiger partial charge >= 0.3 is 5.97 Å². The molecular formula is C16H9Cl2NO2. The Bertz CT molecular complexity index is 747. The second-order valence-corrected chi connectivity index (χ2v) is 5.27. The second-order valence-electron chi connectivity index (χ2n) is 4.39. The van der Waals surface area contributed by atoms with E-state index in [0.717, 1.165) is 5.56 Å². The van der Waals surface area contributed by atoms with Gasteiger partial charge in [-0.3, -0.25) is 0 Å². The smallest absolute Gasteiger partial charge is 0.363 e. The van der Waals surface area contributed by atoms with Crippen LogP contribution in [0.4, 0.5) is 0 Å². The average molecular weight is 318 g/mol. The maximum absolute atomic E-state index is 11.8. The Hall–Kier alpha value is -2.10. The van der Waals surface area contributed by atoms with Gasteiger partial charge in [-0.15, -0.1) is 0 Å². The Labute approximate surface area is 131 Å². The van der Waals surface area contributed by atoms with Crippen LogP contribution in [-0.4, -0.2) is 11.9 Å². The zero-order chi connectivity index (χ0) is 14.8. The van der Waals surface area contributed by atoms with Crippen LogP contribution in [0.3, 0.4) is 0 Å². The van der Waals surface area contributed by atoms with Crippen molar-refractivity contribution in [2.24, 2.45) is 4.99 Å². The first-order valence-corrected chi connectivity index (χ1v) is 6.91. The topological polar surface area (TPSA) is 38.7 Å². The van der Waals surface area contributed by atoms with Crippen LogP contribution in [0.5, 0.6) is 0 Å². The Morgan fingerprint density at radius 2 is 1.48 bits per heavy atom. The molecule has 1 heterocycles. The normalized spacial score (nSPS) is 16.0. The molecule has 0 saturated carbocycles. The minimum Gasteiger partial charge on any atom is -0.402 e. The van der Waals surface area contributed by atoms with Crippen LogP contribution in [0, 0.1) is 0 Å². The molecule has 5 heteroatoms. The molecule has 0 atom stereocenters. The van der Waals surface area contributed by atoms with Crippen molar-refractivity contribution in [1.29, 1.82) is 0 Å². The highest BCUT2D eigenvalue weighted by Gasteiger charge is 2.23. The maximum atomic E-state index is 11.8. The highest BCUT2D eigenvalue weighted by molar-refractivity contribution is 6.31. The van der Waals surface area contributed by atoms with Crippen molar-refractivity contribution in [3.8, 4) is 0 Å². The zero-order valence-corrected chi connectivity index (χ0v) is 12.2. The van der Waals surface area contributed by atoms with Crippen molar-refractivity contribution < 1.29 is 9.53 Å². The average Bonchev–Trinajstić information content (AvgIpc) is 2.83. The highest BCUT2D eigenvalue weighted by atomic mass is 35.5. The lowest BCUT2D eigenvalue weighted by Crippen LogP contribution is -2.05.